The zero-order valence-corrected chi connectivity index (χ0v) is 11.6. The summed E-state index contributed by atoms with van der Waals surface area (Å²) in [5, 5.41) is 5.18. The van der Waals surface area contributed by atoms with Crippen molar-refractivity contribution >= 4 is 43.5 Å². The Labute approximate surface area is 106 Å². The lowest BCUT2D eigenvalue weighted by atomic mass is 10.2. The Hall–Kier alpha value is 0.430. The minimum Gasteiger partial charge on any atom is -0.313 e. The number of benzene rings is 1. The molecule has 0 heterocycles. The van der Waals surface area contributed by atoms with E-state index in [1.165, 1.54) is 0 Å². The van der Waals surface area contributed by atoms with Crippen LogP contribution in [0.15, 0.2) is 22.7 Å². The molecule has 1 N–H and O–H groups in total. The Kier molecular flexibility index (Phi) is 6.10. The van der Waals surface area contributed by atoms with Gasteiger partial charge >= 0.3 is 0 Å². The molecule has 0 bridgehead atoms. The van der Waals surface area contributed by atoms with Gasteiger partial charge in [0.2, 0.25) is 0 Å². The van der Waals surface area contributed by atoms with Crippen molar-refractivity contribution in [2.75, 3.05) is 11.9 Å². The summed E-state index contributed by atoms with van der Waals surface area (Å²) in [4.78, 5) is 0. The quantitative estimate of drug-likeness (QED) is 0.631. The molecule has 0 aromatic heterocycles. The third-order valence-electron chi connectivity index (χ3n) is 1.82. The SMILES string of the molecule is Clc1cc(Br)ccc1CNCCCBr. The number of nitrogens with one attached hydrogen (secondary N) is 1. The van der Waals surface area contributed by atoms with Gasteiger partial charge in [-0.05, 0) is 30.7 Å². The largest absolute Gasteiger partial charge is 0.313 e. The lowest BCUT2D eigenvalue weighted by Gasteiger charge is -2.06. The molecule has 4 heteroatoms. The molecule has 0 aliphatic rings. The summed E-state index contributed by atoms with van der Waals surface area (Å²) in [5.41, 5.74) is 1.14. The first kappa shape index (κ1) is 12.5. The molecule has 0 aliphatic heterocycles. The second-order valence-corrected chi connectivity index (χ2v) is 5.07. The highest BCUT2D eigenvalue weighted by Crippen LogP contribution is 2.20. The minimum absolute atomic E-state index is 0.811. The lowest BCUT2D eigenvalue weighted by molar-refractivity contribution is 0.680. The van der Waals surface area contributed by atoms with E-state index in [0.29, 0.717) is 0 Å². The van der Waals surface area contributed by atoms with Gasteiger partial charge in [-0.3, -0.25) is 0 Å². The number of hydrogen-bond acceptors (Lipinski definition) is 1. The number of rotatable bonds is 5. The van der Waals surface area contributed by atoms with Gasteiger partial charge in [0.15, 0.2) is 0 Å². The van der Waals surface area contributed by atoms with Crippen LogP contribution in [0.1, 0.15) is 12.0 Å². The van der Waals surface area contributed by atoms with E-state index in [2.05, 4.69) is 37.2 Å². The van der Waals surface area contributed by atoms with Gasteiger partial charge in [-0.1, -0.05) is 49.5 Å². The van der Waals surface area contributed by atoms with Crippen LogP contribution in [0.3, 0.4) is 0 Å². The molecule has 0 spiro atoms. The Bertz CT molecular complexity index is 291. The third kappa shape index (κ3) is 4.30. The summed E-state index contributed by atoms with van der Waals surface area (Å²) in [7, 11) is 0. The zero-order chi connectivity index (χ0) is 10.4. The van der Waals surface area contributed by atoms with E-state index in [4.69, 9.17) is 11.6 Å². The monoisotopic (exact) mass is 339 g/mol. The van der Waals surface area contributed by atoms with E-state index < -0.39 is 0 Å². The highest BCUT2D eigenvalue weighted by molar-refractivity contribution is 9.10. The molecule has 14 heavy (non-hydrogen) atoms. The molecule has 0 unspecified atom stereocenters. The van der Waals surface area contributed by atoms with E-state index in [1.807, 2.05) is 18.2 Å². The van der Waals surface area contributed by atoms with Crippen LogP contribution in [0.25, 0.3) is 0 Å². The Morgan fingerprint density at radius 3 is 2.79 bits per heavy atom. The predicted molar refractivity (Wildman–Crippen MR) is 69.3 cm³/mol. The van der Waals surface area contributed by atoms with E-state index in [9.17, 15) is 0 Å². The number of hydrogen-bond donors (Lipinski definition) is 1. The molecule has 0 atom stereocenters. The van der Waals surface area contributed by atoms with Gasteiger partial charge in [0.05, 0.1) is 0 Å². The second kappa shape index (κ2) is 6.83. The summed E-state index contributed by atoms with van der Waals surface area (Å²) in [6.45, 7) is 1.84. The van der Waals surface area contributed by atoms with Crippen LogP contribution in [0.5, 0.6) is 0 Å². The average Bonchev–Trinajstić information content (AvgIpc) is 2.15. The van der Waals surface area contributed by atoms with E-state index >= 15 is 0 Å². The maximum Gasteiger partial charge on any atom is 0.0462 e. The van der Waals surface area contributed by atoms with Gasteiger partial charge < -0.3 is 5.32 Å². The fourth-order valence-electron chi connectivity index (χ4n) is 1.08. The van der Waals surface area contributed by atoms with Crippen LogP contribution in [-0.2, 0) is 6.54 Å². The van der Waals surface area contributed by atoms with E-state index in [0.717, 1.165) is 39.9 Å². The second-order valence-electron chi connectivity index (χ2n) is 2.96. The summed E-state index contributed by atoms with van der Waals surface area (Å²) in [5.74, 6) is 0. The van der Waals surface area contributed by atoms with Gasteiger partial charge in [0.1, 0.15) is 0 Å². The first-order valence-corrected chi connectivity index (χ1v) is 6.74. The first-order valence-electron chi connectivity index (χ1n) is 4.44. The van der Waals surface area contributed by atoms with Crippen molar-refractivity contribution in [3.63, 3.8) is 0 Å². The fraction of sp³-hybridized carbons (Fsp3) is 0.400. The lowest BCUT2D eigenvalue weighted by Crippen LogP contribution is -2.15. The topological polar surface area (TPSA) is 12.0 Å². The Morgan fingerprint density at radius 1 is 1.36 bits per heavy atom. The Morgan fingerprint density at radius 2 is 2.14 bits per heavy atom. The van der Waals surface area contributed by atoms with Gasteiger partial charge in [-0.15, -0.1) is 0 Å². The third-order valence-corrected chi connectivity index (χ3v) is 3.22. The molecule has 78 valence electrons. The Balaban J connectivity index is 2.42. The molecule has 1 rings (SSSR count). The van der Waals surface area contributed by atoms with Crippen molar-refractivity contribution in [2.24, 2.45) is 0 Å². The minimum atomic E-state index is 0.811. The summed E-state index contributed by atoms with van der Waals surface area (Å²) in [6, 6.07) is 5.96. The molecular weight excluding hydrogens is 329 g/mol. The van der Waals surface area contributed by atoms with E-state index in [1.54, 1.807) is 0 Å². The maximum absolute atomic E-state index is 6.06. The smallest absolute Gasteiger partial charge is 0.0462 e. The van der Waals surface area contributed by atoms with Crippen LogP contribution >= 0.6 is 43.5 Å². The van der Waals surface area contributed by atoms with Crippen molar-refractivity contribution in [3.8, 4) is 0 Å². The van der Waals surface area contributed by atoms with Gasteiger partial charge in [0, 0.05) is 21.4 Å². The first-order chi connectivity index (χ1) is 6.74. The molecule has 0 fully saturated rings. The van der Waals surface area contributed by atoms with Crippen LogP contribution in [-0.4, -0.2) is 11.9 Å². The molecule has 0 amide bonds. The van der Waals surface area contributed by atoms with Crippen molar-refractivity contribution in [1.82, 2.24) is 5.32 Å². The maximum atomic E-state index is 6.06. The molecular formula is C10H12Br2ClN. The van der Waals surface area contributed by atoms with Crippen molar-refractivity contribution < 1.29 is 0 Å². The predicted octanol–water partition coefficient (Wildman–Crippen LogP) is 3.98. The highest BCUT2D eigenvalue weighted by Gasteiger charge is 1.99. The van der Waals surface area contributed by atoms with Crippen molar-refractivity contribution in [3.05, 3.63) is 33.3 Å². The molecule has 0 saturated heterocycles. The van der Waals surface area contributed by atoms with Crippen LogP contribution in [0, 0.1) is 0 Å². The average molecular weight is 341 g/mol. The van der Waals surface area contributed by atoms with Crippen LogP contribution < -0.4 is 5.32 Å². The summed E-state index contributed by atoms with van der Waals surface area (Å²) >= 11 is 12.8. The normalized spacial score (nSPS) is 10.5. The van der Waals surface area contributed by atoms with Gasteiger partial charge in [0.25, 0.3) is 0 Å². The standard InChI is InChI=1S/C10H12Br2ClN/c11-4-1-5-14-7-8-2-3-9(12)6-10(8)13/h2-3,6,14H,1,4-5,7H2. The number of halogens is 3. The van der Waals surface area contributed by atoms with E-state index in [-0.39, 0.29) is 0 Å². The molecule has 0 saturated carbocycles. The van der Waals surface area contributed by atoms with Crippen molar-refractivity contribution in [1.29, 1.82) is 0 Å². The molecule has 0 aliphatic carbocycles. The zero-order valence-electron chi connectivity index (χ0n) is 7.69. The van der Waals surface area contributed by atoms with Crippen LogP contribution in [0.4, 0.5) is 0 Å². The van der Waals surface area contributed by atoms with Crippen molar-refractivity contribution in [2.45, 2.75) is 13.0 Å². The molecule has 0 radical (unpaired) electrons. The van der Waals surface area contributed by atoms with Crippen LogP contribution in [0.2, 0.25) is 5.02 Å². The van der Waals surface area contributed by atoms with Gasteiger partial charge in [-0.25, -0.2) is 0 Å². The summed E-state index contributed by atoms with van der Waals surface area (Å²) < 4.78 is 1.02. The number of alkyl halides is 1. The molecule has 1 aromatic rings. The fourth-order valence-corrected chi connectivity index (χ4v) is 2.10. The summed E-state index contributed by atoms with van der Waals surface area (Å²) in [6.07, 6.45) is 1.13. The van der Waals surface area contributed by atoms with Gasteiger partial charge in [-0.2, -0.15) is 0 Å². The molecule has 1 nitrogen and oxygen atoms in total. The molecule has 1 aromatic carbocycles. The highest BCUT2D eigenvalue weighted by atomic mass is 79.9.